The van der Waals surface area contributed by atoms with Crippen molar-refractivity contribution in [1.82, 2.24) is 0 Å². The van der Waals surface area contributed by atoms with Crippen LogP contribution in [0.2, 0.25) is 0 Å². The van der Waals surface area contributed by atoms with E-state index in [2.05, 4.69) is 4.74 Å². The summed E-state index contributed by atoms with van der Waals surface area (Å²) in [7, 11) is 1.02. The number of hydrogen-bond donors (Lipinski definition) is 0. The van der Waals surface area contributed by atoms with Crippen LogP contribution in [0, 0.1) is 23.0 Å². The van der Waals surface area contributed by atoms with Gasteiger partial charge in [0.25, 0.3) is 0 Å². The maximum Gasteiger partial charge on any atom is 0.342 e. The lowest BCUT2D eigenvalue weighted by Crippen LogP contribution is -2.08. The molecule has 0 aliphatic rings. The summed E-state index contributed by atoms with van der Waals surface area (Å²) in [5.74, 6) is -3.63. The standard InChI is InChI=1S/C9H5F2NO2/c1-14-9(13)7-5(4-12)2-3-6(10)8(7)11/h2-3H,1H3. The topological polar surface area (TPSA) is 50.1 Å². The van der Waals surface area contributed by atoms with E-state index in [4.69, 9.17) is 5.26 Å². The third-order valence-corrected chi connectivity index (χ3v) is 1.60. The number of hydrogen-bond acceptors (Lipinski definition) is 3. The van der Waals surface area contributed by atoms with E-state index in [1.807, 2.05) is 0 Å². The molecule has 0 bridgehead atoms. The first-order valence-electron chi connectivity index (χ1n) is 3.58. The van der Waals surface area contributed by atoms with Crippen LogP contribution in [0.15, 0.2) is 12.1 Å². The fourth-order valence-electron chi connectivity index (χ4n) is 0.945. The first-order chi connectivity index (χ1) is 6.61. The second-order valence-electron chi connectivity index (χ2n) is 2.39. The quantitative estimate of drug-likeness (QED) is 0.643. The number of carbonyl (C=O) groups excluding carboxylic acids is 1. The summed E-state index contributed by atoms with van der Waals surface area (Å²) < 4.78 is 30.0. The molecule has 0 radical (unpaired) electrons. The van der Waals surface area contributed by atoms with Gasteiger partial charge in [0.15, 0.2) is 11.6 Å². The lowest BCUT2D eigenvalue weighted by atomic mass is 10.1. The van der Waals surface area contributed by atoms with E-state index in [9.17, 15) is 13.6 Å². The second-order valence-corrected chi connectivity index (χ2v) is 2.39. The fraction of sp³-hybridized carbons (Fsp3) is 0.111. The van der Waals surface area contributed by atoms with Gasteiger partial charge in [0.1, 0.15) is 11.6 Å². The summed E-state index contributed by atoms with van der Waals surface area (Å²) >= 11 is 0. The van der Waals surface area contributed by atoms with E-state index in [1.54, 1.807) is 6.07 Å². The number of methoxy groups -OCH3 is 1. The maximum atomic E-state index is 13.1. The minimum Gasteiger partial charge on any atom is -0.465 e. The number of ether oxygens (including phenoxy) is 1. The van der Waals surface area contributed by atoms with Crippen LogP contribution in [0.4, 0.5) is 8.78 Å². The van der Waals surface area contributed by atoms with Crippen LogP contribution in [-0.2, 0) is 4.74 Å². The molecule has 14 heavy (non-hydrogen) atoms. The highest BCUT2D eigenvalue weighted by molar-refractivity contribution is 5.92. The molecule has 1 aromatic carbocycles. The number of carbonyl (C=O) groups is 1. The van der Waals surface area contributed by atoms with Crippen molar-refractivity contribution in [3.05, 3.63) is 34.9 Å². The van der Waals surface area contributed by atoms with Gasteiger partial charge in [-0.15, -0.1) is 0 Å². The van der Waals surface area contributed by atoms with Crippen LogP contribution in [0.5, 0.6) is 0 Å². The van der Waals surface area contributed by atoms with Gasteiger partial charge in [-0.1, -0.05) is 0 Å². The zero-order chi connectivity index (χ0) is 10.7. The number of rotatable bonds is 1. The highest BCUT2D eigenvalue weighted by Gasteiger charge is 2.20. The summed E-state index contributed by atoms with van der Waals surface area (Å²) in [6.07, 6.45) is 0. The van der Waals surface area contributed by atoms with Crippen molar-refractivity contribution >= 4 is 5.97 Å². The first-order valence-corrected chi connectivity index (χ1v) is 3.58. The van der Waals surface area contributed by atoms with E-state index in [0.717, 1.165) is 19.2 Å². The Labute approximate surface area is 78.5 Å². The van der Waals surface area contributed by atoms with Gasteiger partial charge in [-0.2, -0.15) is 5.26 Å². The van der Waals surface area contributed by atoms with E-state index in [1.165, 1.54) is 0 Å². The predicted octanol–water partition coefficient (Wildman–Crippen LogP) is 1.62. The molecule has 72 valence electrons. The van der Waals surface area contributed by atoms with Crippen LogP contribution in [0.1, 0.15) is 15.9 Å². The molecule has 1 rings (SSSR count). The molecule has 0 atom stereocenters. The maximum absolute atomic E-state index is 13.1. The third kappa shape index (κ3) is 1.55. The Balaban J connectivity index is 3.45. The summed E-state index contributed by atoms with van der Waals surface area (Å²) in [4.78, 5) is 11.0. The Kier molecular flexibility index (Phi) is 2.77. The molecule has 0 saturated heterocycles. The fourth-order valence-corrected chi connectivity index (χ4v) is 0.945. The van der Waals surface area contributed by atoms with Gasteiger partial charge >= 0.3 is 5.97 Å². The third-order valence-electron chi connectivity index (χ3n) is 1.60. The molecule has 1 aromatic rings. The molecule has 0 fully saturated rings. The van der Waals surface area contributed by atoms with Crippen molar-refractivity contribution in [1.29, 1.82) is 5.26 Å². The van der Waals surface area contributed by atoms with Gasteiger partial charge in [0.2, 0.25) is 0 Å². The van der Waals surface area contributed by atoms with Gasteiger partial charge in [-0.25, -0.2) is 13.6 Å². The minimum atomic E-state index is -1.36. The van der Waals surface area contributed by atoms with E-state index in [-0.39, 0.29) is 5.56 Å². The van der Waals surface area contributed by atoms with Crippen molar-refractivity contribution in [2.45, 2.75) is 0 Å². The second kappa shape index (κ2) is 3.83. The largest absolute Gasteiger partial charge is 0.465 e. The van der Waals surface area contributed by atoms with Crippen molar-refractivity contribution in [3.8, 4) is 6.07 Å². The van der Waals surface area contributed by atoms with Crippen molar-refractivity contribution in [3.63, 3.8) is 0 Å². The number of esters is 1. The van der Waals surface area contributed by atoms with Crippen molar-refractivity contribution < 1.29 is 18.3 Å². The molecule has 0 aliphatic carbocycles. The molecule has 3 nitrogen and oxygen atoms in total. The highest BCUT2D eigenvalue weighted by Crippen LogP contribution is 2.17. The monoisotopic (exact) mass is 197 g/mol. The molecule has 5 heteroatoms. The van der Waals surface area contributed by atoms with E-state index >= 15 is 0 Å². The summed E-state index contributed by atoms with van der Waals surface area (Å²) in [5.41, 5.74) is -0.925. The van der Waals surface area contributed by atoms with Crippen LogP contribution in [0.3, 0.4) is 0 Å². The molecule has 0 amide bonds. The number of halogens is 2. The van der Waals surface area contributed by atoms with Crippen LogP contribution >= 0.6 is 0 Å². The number of nitrogens with zero attached hydrogens (tertiary/aromatic N) is 1. The SMILES string of the molecule is COC(=O)c1c(C#N)ccc(F)c1F. The Morgan fingerprint density at radius 2 is 2.14 bits per heavy atom. The molecular weight excluding hydrogens is 192 g/mol. The average molecular weight is 197 g/mol. The Hall–Kier alpha value is -1.96. The van der Waals surface area contributed by atoms with Crippen LogP contribution < -0.4 is 0 Å². The predicted molar refractivity (Wildman–Crippen MR) is 42.4 cm³/mol. The van der Waals surface area contributed by atoms with Gasteiger partial charge in [-0.3, -0.25) is 0 Å². The molecule has 0 spiro atoms. The normalized spacial score (nSPS) is 9.29. The molecule has 0 heterocycles. The number of benzene rings is 1. The Morgan fingerprint density at radius 3 is 2.64 bits per heavy atom. The van der Waals surface area contributed by atoms with Crippen molar-refractivity contribution in [2.24, 2.45) is 0 Å². The Morgan fingerprint density at radius 1 is 1.50 bits per heavy atom. The van der Waals surface area contributed by atoms with Gasteiger partial charge in [-0.05, 0) is 12.1 Å². The van der Waals surface area contributed by atoms with Gasteiger partial charge in [0, 0.05) is 0 Å². The van der Waals surface area contributed by atoms with E-state index in [0.29, 0.717) is 0 Å². The summed E-state index contributed by atoms with van der Waals surface area (Å²) in [6, 6.07) is 3.37. The zero-order valence-electron chi connectivity index (χ0n) is 7.17. The molecule has 0 aromatic heterocycles. The smallest absolute Gasteiger partial charge is 0.342 e. The zero-order valence-corrected chi connectivity index (χ0v) is 7.17. The van der Waals surface area contributed by atoms with E-state index < -0.39 is 23.2 Å². The van der Waals surface area contributed by atoms with Crippen LogP contribution in [-0.4, -0.2) is 13.1 Å². The lowest BCUT2D eigenvalue weighted by molar-refractivity contribution is 0.0594. The highest BCUT2D eigenvalue weighted by atomic mass is 19.2. The van der Waals surface area contributed by atoms with Gasteiger partial charge < -0.3 is 4.74 Å². The Bertz CT molecular complexity index is 424. The number of nitriles is 1. The molecular formula is C9H5F2NO2. The first kappa shape index (κ1) is 10.1. The lowest BCUT2D eigenvalue weighted by Gasteiger charge is -2.03. The van der Waals surface area contributed by atoms with Gasteiger partial charge in [0.05, 0.1) is 12.7 Å². The summed E-state index contributed by atoms with van der Waals surface area (Å²) in [6.45, 7) is 0. The van der Waals surface area contributed by atoms with Crippen LogP contribution in [0.25, 0.3) is 0 Å². The molecule has 0 N–H and O–H groups in total. The van der Waals surface area contributed by atoms with Crippen molar-refractivity contribution in [2.75, 3.05) is 7.11 Å². The summed E-state index contributed by atoms with van der Waals surface area (Å²) in [5, 5.41) is 8.53. The minimum absolute atomic E-state index is 0.254. The molecule has 0 aliphatic heterocycles. The molecule has 0 saturated carbocycles. The average Bonchev–Trinajstić information content (AvgIpc) is 2.20. The molecule has 0 unspecified atom stereocenters.